The maximum Gasteiger partial charge on any atom is 0.394 e. The molecule has 0 unspecified atom stereocenters. The van der Waals surface area contributed by atoms with E-state index in [1.165, 1.54) is 14.2 Å². The second-order valence-corrected chi connectivity index (χ2v) is 5.75. The van der Waals surface area contributed by atoms with E-state index >= 15 is 0 Å². The van der Waals surface area contributed by atoms with Gasteiger partial charge in [0.15, 0.2) is 0 Å². The molecule has 1 heterocycles. The molecule has 6 heteroatoms. The van der Waals surface area contributed by atoms with E-state index in [4.69, 9.17) is 18.5 Å². The molecule has 0 radical (unpaired) electrons. The van der Waals surface area contributed by atoms with E-state index in [2.05, 4.69) is 0 Å². The van der Waals surface area contributed by atoms with Crippen molar-refractivity contribution >= 4 is 7.60 Å². The first kappa shape index (κ1) is 13.7. The van der Waals surface area contributed by atoms with Crippen LogP contribution in [0.3, 0.4) is 0 Å². The molecule has 1 aliphatic rings. The summed E-state index contributed by atoms with van der Waals surface area (Å²) >= 11 is 0. The lowest BCUT2D eigenvalue weighted by atomic mass is 10.1. The van der Waals surface area contributed by atoms with E-state index in [-0.39, 0.29) is 17.7 Å². The molecule has 0 N–H and O–H groups in total. The molecular formula is C10H19O5P. The maximum absolute atomic E-state index is 12.1. The molecule has 94 valence electrons. The predicted molar refractivity (Wildman–Crippen MR) is 60.0 cm³/mol. The molecular weight excluding hydrogens is 231 g/mol. The molecule has 0 aliphatic carbocycles. The minimum atomic E-state index is -3.30. The Morgan fingerprint density at radius 1 is 1.50 bits per heavy atom. The SMILES string of the molecule is CCO[C@@H]1C[C@H](C)C=C(P(=O)(OC)OC)O1. The molecule has 0 saturated carbocycles. The quantitative estimate of drug-likeness (QED) is 0.702. The fourth-order valence-electron chi connectivity index (χ4n) is 1.54. The summed E-state index contributed by atoms with van der Waals surface area (Å²) in [6.45, 7) is 4.44. The van der Waals surface area contributed by atoms with Crippen LogP contribution in [0.1, 0.15) is 20.3 Å². The van der Waals surface area contributed by atoms with Crippen molar-refractivity contribution in [3.63, 3.8) is 0 Å². The number of ether oxygens (including phenoxy) is 2. The van der Waals surface area contributed by atoms with Crippen LogP contribution in [0.4, 0.5) is 0 Å². The second-order valence-electron chi connectivity index (χ2n) is 3.58. The van der Waals surface area contributed by atoms with E-state index in [0.717, 1.165) is 6.42 Å². The minimum Gasteiger partial charge on any atom is -0.457 e. The Bertz CT molecular complexity index is 294. The topological polar surface area (TPSA) is 54.0 Å². The molecule has 2 atom stereocenters. The normalized spacial score (nSPS) is 26.1. The summed E-state index contributed by atoms with van der Waals surface area (Å²) in [4.78, 5) is 0. The van der Waals surface area contributed by atoms with Crippen molar-refractivity contribution in [1.29, 1.82) is 0 Å². The first-order valence-electron chi connectivity index (χ1n) is 5.27. The Kier molecular flexibility index (Phi) is 4.99. The molecule has 1 rings (SSSR count). The van der Waals surface area contributed by atoms with E-state index in [1.807, 2.05) is 13.8 Å². The van der Waals surface area contributed by atoms with Crippen LogP contribution in [0.5, 0.6) is 0 Å². The van der Waals surface area contributed by atoms with Gasteiger partial charge in [-0.1, -0.05) is 6.92 Å². The largest absolute Gasteiger partial charge is 0.457 e. The molecule has 0 fully saturated rings. The molecule has 0 bridgehead atoms. The Balaban J connectivity index is 2.83. The van der Waals surface area contributed by atoms with E-state index in [0.29, 0.717) is 6.61 Å². The standard InChI is InChI=1S/C10H19O5P/c1-5-14-9-6-8(2)7-10(15-9)16(11,12-3)13-4/h7-9H,5-6H2,1-4H3/t8-,9-/m0/s1. The first-order chi connectivity index (χ1) is 7.55. The highest BCUT2D eigenvalue weighted by Crippen LogP contribution is 2.57. The van der Waals surface area contributed by atoms with Gasteiger partial charge in [0.2, 0.25) is 11.8 Å². The summed E-state index contributed by atoms with van der Waals surface area (Å²) in [5.74, 6) is 0.221. The van der Waals surface area contributed by atoms with Crippen LogP contribution in [0.25, 0.3) is 0 Å². The Morgan fingerprint density at radius 3 is 2.62 bits per heavy atom. The molecule has 16 heavy (non-hydrogen) atoms. The highest BCUT2D eigenvalue weighted by Gasteiger charge is 2.35. The van der Waals surface area contributed by atoms with Gasteiger partial charge < -0.3 is 18.5 Å². The van der Waals surface area contributed by atoms with Crippen molar-refractivity contribution in [3.8, 4) is 0 Å². The van der Waals surface area contributed by atoms with Gasteiger partial charge in [-0.2, -0.15) is 0 Å². The lowest BCUT2D eigenvalue weighted by Crippen LogP contribution is -2.24. The molecule has 0 aromatic heterocycles. The smallest absolute Gasteiger partial charge is 0.394 e. The van der Waals surface area contributed by atoms with Crippen molar-refractivity contribution in [2.24, 2.45) is 5.92 Å². The van der Waals surface area contributed by atoms with Gasteiger partial charge in [0.1, 0.15) is 0 Å². The van der Waals surface area contributed by atoms with Crippen LogP contribution in [0.15, 0.2) is 11.6 Å². The summed E-state index contributed by atoms with van der Waals surface area (Å²) in [5, 5.41) is 0. The number of allylic oxidation sites excluding steroid dienone is 1. The second kappa shape index (κ2) is 5.82. The van der Waals surface area contributed by atoms with Crippen LogP contribution in [0.2, 0.25) is 0 Å². The summed E-state index contributed by atoms with van der Waals surface area (Å²) < 4.78 is 32.7. The Morgan fingerprint density at radius 2 is 2.12 bits per heavy atom. The third kappa shape index (κ3) is 3.08. The lowest BCUT2D eigenvalue weighted by Gasteiger charge is -2.29. The third-order valence-corrected chi connectivity index (χ3v) is 4.10. The first-order valence-corrected chi connectivity index (χ1v) is 6.82. The summed E-state index contributed by atoms with van der Waals surface area (Å²) in [5.41, 5.74) is 0.245. The molecule has 0 aromatic carbocycles. The van der Waals surface area contributed by atoms with Gasteiger partial charge in [-0.25, -0.2) is 0 Å². The van der Waals surface area contributed by atoms with Gasteiger partial charge in [-0.15, -0.1) is 0 Å². The van der Waals surface area contributed by atoms with Crippen LogP contribution in [0, 0.1) is 5.92 Å². The lowest BCUT2D eigenvalue weighted by molar-refractivity contribution is -0.124. The fraction of sp³-hybridized carbons (Fsp3) is 0.800. The van der Waals surface area contributed by atoms with Crippen LogP contribution in [-0.2, 0) is 23.1 Å². The molecule has 0 saturated heterocycles. The highest BCUT2D eigenvalue weighted by molar-refractivity contribution is 7.58. The van der Waals surface area contributed by atoms with Crippen LogP contribution < -0.4 is 0 Å². The average Bonchev–Trinajstić information content (AvgIpc) is 2.27. The van der Waals surface area contributed by atoms with Crippen molar-refractivity contribution in [2.75, 3.05) is 20.8 Å². The van der Waals surface area contributed by atoms with Gasteiger partial charge in [0, 0.05) is 27.2 Å². The average molecular weight is 250 g/mol. The van der Waals surface area contributed by atoms with Crippen molar-refractivity contribution in [3.05, 3.63) is 11.6 Å². The van der Waals surface area contributed by atoms with Gasteiger partial charge in [-0.3, -0.25) is 4.57 Å². The van der Waals surface area contributed by atoms with E-state index in [9.17, 15) is 4.57 Å². The molecule has 0 aromatic rings. The fourth-order valence-corrected chi connectivity index (χ4v) is 2.73. The van der Waals surface area contributed by atoms with E-state index in [1.54, 1.807) is 6.08 Å². The summed E-state index contributed by atoms with van der Waals surface area (Å²) in [7, 11) is -0.623. The summed E-state index contributed by atoms with van der Waals surface area (Å²) in [6, 6.07) is 0. The minimum absolute atomic E-state index is 0.221. The monoisotopic (exact) mass is 250 g/mol. The van der Waals surface area contributed by atoms with Crippen LogP contribution >= 0.6 is 7.60 Å². The van der Waals surface area contributed by atoms with E-state index < -0.39 is 7.60 Å². The van der Waals surface area contributed by atoms with Crippen LogP contribution in [-0.4, -0.2) is 27.1 Å². The molecule has 5 nitrogen and oxygen atoms in total. The zero-order valence-corrected chi connectivity index (χ0v) is 11.0. The van der Waals surface area contributed by atoms with Crippen molar-refractivity contribution < 1.29 is 23.1 Å². The predicted octanol–water partition coefficient (Wildman–Crippen LogP) is 2.73. The van der Waals surface area contributed by atoms with Crippen molar-refractivity contribution in [1.82, 2.24) is 0 Å². The Labute approximate surface area is 96.2 Å². The maximum atomic E-state index is 12.1. The highest BCUT2D eigenvalue weighted by atomic mass is 31.2. The molecule has 1 aliphatic heterocycles. The van der Waals surface area contributed by atoms with Gasteiger partial charge in [0.25, 0.3) is 0 Å². The van der Waals surface area contributed by atoms with Crippen molar-refractivity contribution in [2.45, 2.75) is 26.6 Å². The third-order valence-electron chi connectivity index (χ3n) is 2.35. The zero-order valence-electron chi connectivity index (χ0n) is 10.1. The zero-order chi connectivity index (χ0) is 12.2. The summed E-state index contributed by atoms with van der Waals surface area (Å²) in [6.07, 6.45) is 2.13. The van der Waals surface area contributed by atoms with Gasteiger partial charge in [-0.05, 0) is 18.9 Å². The molecule has 0 spiro atoms. The molecule has 0 amide bonds. The number of rotatable bonds is 5. The Hall–Kier alpha value is -0.350. The van der Waals surface area contributed by atoms with Gasteiger partial charge in [0.05, 0.1) is 0 Å². The van der Waals surface area contributed by atoms with Gasteiger partial charge >= 0.3 is 7.60 Å². The number of hydrogen-bond donors (Lipinski definition) is 0. The number of hydrogen-bond acceptors (Lipinski definition) is 5.